The lowest BCUT2D eigenvalue weighted by Gasteiger charge is -2.40. The zero-order valence-electron chi connectivity index (χ0n) is 11.7. The molecule has 0 spiro atoms. The lowest BCUT2D eigenvalue weighted by atomic mass is 9.75. The van der Waals surface area contributed by atoms with Crippen molar-refractivity contribution in [1.29, 1.82) is 0 Å². The SMILES string of the molecule is COc1ccc(OC)c(C(=O)CC2(OC)CCC2)c1. The number of hydrogen-bond acceptors (Lipinski definition) is 4. The van der Waals surface area contributed by atoms with Crippen LogP contribution in [0.4, 0.5) is 0 Å². The molecular weight excluding hydrogens is 244 g/mol. The summed E-state index contributed by atoms with van der Waals surface area (Å²) in [6.07, 6.45) is 3.41. The Kier molecular flexibility index (Phi) is 4.10. The highest BCUT2D eigenvalue weighted by Gasteiger charge is 2.39. The largest absolute Gasteiger partial charge is 0.497 e. The third-order valence-corrected chi connectivity index (χ3v) is 3.89. The number of rotatable bonds is 6. The molecule has 1 aliphatic rings. The molecule has 0 heterocycles. The van der Waals surface area contributed by atoms with Crippen LogP contribution in [0.3, 0.4) is 0 Å². The molecule has 1 fully saturated rings. The van der Waals surface area contributed by atoms with Crippen molar-refractivity contribution in [1.82, 2.24) is 0 Å². The van der Waals surface area contributed by atoms with E-state index in [1.54, 1.807) is 39.5 Å². The highest BCUT2D eigenvalue weighted by atomic mass is 16.5. The van der Waals surface area contributed by atoms with Crippen molar-refractivity contribution < 1.29 is 19.0 Å². The Labute approximate surface area is 113 Å². The van der Waals surface area contributed by atoms with Crippen molar-refractivity contribution in [3.8, 4) is 11.5 Å². The van der Waals surface area contributed by atoms with Crippen LogP contribution >= 0.6 is 0 Å². The predicted molar refractivity (Wildman–Crippen MR) is 72.1 cm³/mol. The molecule has 4 heteroatoms. The number of carbonyl (C=O) groups excluding carboxylic acids is 1. The Morgan fingerprint density at radius 3 is 2.42 bits per heavy atom. The summed E-state index contributed by atoms with van der Waals surface area (Å²) in [5.74, 6) is 1.28. The van der Waals surface area contributed by atoms with E-state index in [2.05, 4.69) is 0 Å². The van der Waals surface area contributed by atoms with Gasteiger partial charge in [0.15, 0.2) is 5.78 Å². The van der Waals surface area contributed by atoms with Gasteiger partial charge >= 0.3 is 0 Å². The summed E-state index contributed by atoms with van der Waals surface area (Å²) in [7, 11) is 4.82. The smallest absolute Gasteiger partial charge is 0.169 e. The molecule has 0 atom stereocenters. The maximum absolute atomic E-state index is 12.4. The molecule has 0 N–H and O–H groups in total. The third-order valence-electron chi connectivity index (χ3n) is 3.89. The van der Waals surface area contributed by atoms with Crippen LogP contribution in [0.1, 0.15) is 36.0 Å². The van der Waals surface area contributed by atoms with E-state index in [0.29, 0.717) is 23.5 Å². The second kappa shape index (κ2) is 5.61. The molecule has 0 unspecified atom stereocenters. The highest BCUT2D eigenvalue weighted by molar-refractivity contribution is 5.99. The maximum Gasteiger partial charge on any atom is 0.169 e. The van der Waals surface area contributed by atoms with Crippen molar-refractivity contribution >= 4 is 5.78 Å². The third kappa shape index (κ3) is 2.73. The Morgan fingerprint density at radius 1 is 1.21 bits per heavy atom. The van der Waals surface area contributed by atoms with E-state index in [-0.39, 0.29) is 11.4 Å². The van der Waals surface area contributed by atoms with Gasteiger partial charge in [0, 0.05) is 13.5 Å². The van der Waals surface area contributed by atoms with Crippen LogP contribution in [0.15, 0.2) is 18.2 Å². The molecule has 104 valence electrons. The summed E-state index contributed by atoms with van der Waals surface area (Å²) < 4.78 is 15.9. The van der Waals surface area contributed by atoms with E-state index in [1.165, 1.54) is 0 Å². The molecule has 1 aromatic carbocycles. The quantitative estimate of drug-likeness (QED) is 0.741. The Hall–Kier alpha value is -1.55. The lowest BCUT2D eigenvalue weighted by Crippen LogP contribution is -2.41. The topological polar surface area (TPSA) is 44.8 Å². The number of Topliss-reactive ketones (excluding diaryl/α,β-unsaturated/α-hetero) is 1. The predicted octanol–water partition coefficient (Wildman–Crippen LogP) is 2.85. The van der Waals surface area contributed by atoms with Crippen LogP contribution in [-0.2, 0) is 4.74 Å². The molecule has 0 radical (unpaired) electrons. The average Bonchev–Trinajstić information content (AvgIpc) is 2.41. The van der Waals surface area contributed by atoms with E-state index in [9.17, 15) is 4.79 Å². The van der Waals surface area contributed by atoms with Crippen molar-refractivity contribution in [2.75, 3.05) is 21.3 Å². The minimum Gasteiger partial charge on any atom is -0.497 e. The van der Waals surface area contributed by atoms with Crippen molar-refractivity contribution in [3.63, 3.8) is 0 Å². The van der Waals surface area contributed by atoms with Gasteiger partial charge in [0.1, 0.15) is 11.5 Å². The van der Waals surface area contributed by atoms with Crippen LogP contribution in [0.5, 0.6) is 11.5 Å². The molecule has 0 saturated heterocycles. The minimum absolute atomic E-state index is 0.0392. The number of ether oxygens (including phenoxy) is 3. The fourth-order valence-corrected chi connectivity index (χ4v) is 2.44. The van der Waals surface area contributed by atoms with Crippen LogP contribution < -0.4 is 9.47 Å². The zero-order chi connectivity index (χ0) is 13.9. The first-order valence-corrected chi connectivity index (χ1v) is 6.44. The number of hydrogen-bond donors (Lipinski definition) is 0. The lowest BCUT2D eigenvalue weighted by molar-refractivity contribution is -0.0705. The molecule has 0 amide bonds. The summed E-state index contributed by atoms with van der Waals surface area (Å²) >= 11 is 0. The highest BCUT2D eigenvalue weighted by Crippen LogP contribution is 2.39. The van der Waals surface area contributed by atoms with Gasteiger partial charge in [-0.3, -0.25) is 4.79 Å². The molecule has 2 rings (SSSR count). The standard InChI is InChI=1S/C15H20O4/c1-17-11-5-6-14(18-2)12(9-11)13(16)10-15(19-3)7-4-8-15/h5-6,9H,4,7-8,10H2,1-3H3. The van der Waals surface area contributed by atoms with E-state index >= 15 is 0 Å². The maximum atomic E-state index is 12.4. The number of methoxy groups -OCH3 is 3. The zero-order valence-corrected chi connectivity index (χ0v) is 11.7. The molecule has 0 bridgehead atoms. The van der Waals surface area contributed by atoms with E-state index < -0.39 is 0 Å². The Morgan fingerprint density at radius 2 is 1.95 bits per heavy atom. The average molecular weight is 264 g/mol. The normalized spacial score (nSPS) is 16.6. The van der Waals surface area contributed by atoms with Crippen LogP contribution in [0.2, 0.25) is 0 Å². The molecule has 1 saturated carbocycles. The molecule has 4 nitrogen and oxygen atoms in total. The summed E-state index contributed by atoms with van der Waals surface area (Å²) in [4.78, 5) is 12.4. The molecule has 0 aromatic heterocycles. The second-order valence-electron chi connectivity index (χ2n) is 4.91. The number of carbonyl (C=O) groups is 1. The summed E-state index contributed by atoms with van der Waals surface area (Å²) in [6, 6.07) is 5.26. The van der Waals surface area contributed by atoms with Crippen molar-refractivity contribution in [3.05, 3.63) is 23.8 Å². The van der Waals surface area contributed by atoms with Crippen LogP contribution in [0.25, 0.3) is 0 Å². The molecular formula is C15H20O4. The molecule has 1 aliphatic carbocycles. The Balaban J connectivity index is 2.22. The van der Waals surface area contributed by atoms with Gasteiger partial charge in [-0.15, -0.1) is 0 Å². The minimum atomic E-state index is -0.273. The van der Waals surface area contributed by atoms with Gasteiger partial charge in [0.05, 0.1) is 25.4 Å². The summed E-state index contributed by atoms with van der Waals surface area (Å²) in [6.45, 7) is 0. The van der Waals surface area contributed by atoms with Gasteiger partial charge < -0.3 is 14.2 Å². The second-order valence-corrected chi connectivity index (χ2v) is 4.91. The van der Waals surface area contributed by atoms with Crippen molar-refractivity contribution in [2.45, 2.75) is 31.3 Å². The molecule has 0 aliphatic heterocycles. The van der Waals surface area contributed by atoms with E-state index in [1.807, 2.05) is 0 Å². The van der Waals surface area contributed by atoms with Crippen LogP contribution in [-0.4, -0.2) is 32.7 Å². The van der Waals surface area contributed by atoms with Gasteiger partial charge in [0.25, 0.3) is 0 Å². The Bertz CT molecular complexity index is 458. The summed E-state index contributed by atoms with van der Waals surface area (Å²) in [5, 5.41) is 0. The van der Waals surface area contributed by atoms with Gasteiger partial charge in [0.2, 0.25) is 0 Å². The summed E-state index contributed by atoms with van der Waals surface area (Å²) in [5.41, 5.74) is 0.288. The van der Waals surface area contributed by atoms with E-state index in [0.717, 1.165) is 19.3 Å². The van der Waals surface area contributed by atoms with E-state index in [4.69, 9.17) is 14.2 Å². The monoisotopic (exact) mass is 264 g/mol. The molecule has 19 heavy (non-hydrogen) atoms. The fourth-order valence-electron chi connectivity index (χ4n) is 2.44. The first-order valence-electron chi connectivity index (χ1n) is 6.44. The van der Waals surface area contributed by atoms with Gasteiger partial charge in [-0.1, -0.05) is 0 Å². The van der Waals surface area contributed by atoms with Gasteiger partial charge in [-0.2, -0.15) is 0 Å². The first-order chi connectivity index (χ1) is 9.14. The first kappa shape index (κ1) is 13.9. The van der Waals surface area contributed by atoms with Crippen molar-refractivity contribution in [2.24, 2.45) is 0 Å². The molecule has 1 aromatic rings. The fraction of sp³-hybridized carbons (Fsp3) is 0.533. The van der Waals surface area contributed by atoms with Gasteiger partial charge in [-0.05, 0) is 37.5 Å². The number of ketones is 1. The van der Waals surface area contributed by atoms with Gasteiger partial charge in [-0.25, -0.2) is 0 Å². The van der Waals surface area contributed by atoms with Crippen LogP contribution in [0, 0.1) is 0 Å². The number of benzene rings is 1.